The van der Waals surface area contributed by atoms with Gasteiger partial charge in [-0.2, -0.15) is 5.10 Å². The van der Waals surface area contributed by atoms with E-state index in [2.05, 4.69) is 15.4 Å². The molecule has 0 aromatic carbocycles. The van der Waals surface area contributed by atoms with Gasteiger partial charge in [-0.3, -0.25) is 0 Å². The number of hydrogen-bond donors (Lipinski definition) is 2. The summed E-state index contributed by atoms with van der Waals surface area (Å²) in [5, 5.41) is 17.4. The molecule has 2 aliphatic heterocycles. The van der Waals surface area contributed by atoms with E-state index in [0.29, 0.717) is 5.92 Å². The van der Waals surface area contributed by atoms with E-state index in [1.54, 1.807) is 0 Å². The molecule has 2 atom stereocenters. The second-order valence-electron chi connectivity index (χ2n) is 5.55. The zero-order valence-corrected chi connectivity index (χ0v) is 10.8. The van der Waals surface area contributed by atoms with E-state index in [0.717, 1.165) is 50.5 Å². The highest BCUT2D eigenvalue weighted by molar-refractivity contribution is 5.03. The molecule has 18 heavy (non-hydrogen) atoms. The van der Waals surface area contributed by atoms with Crippen LogP contribution in [0.4, 0.5) is 0 Å². The highest BCUT2D eigenvalue weighted by Gasteiger charge is 2.24. The molecule has 0 amide bonds. The molecular formula is C13H22N4O. The molecule has 1 aromatic heterocycles. The molecule has 5 nitrogen and oxygen atoms in total. The summed E-state index contributed by atoms with van der Waals surface area (Å²) in [7, 11) is 0. The Balaban J connectivity index is 1.71. The van der Waals surface area contributed by atoms with Crippen LogP contribution in [0.5, 0.6) is 0 Å². The summed E-state index contributed by atoms with van der Waals surface area (Å²) in [6.45, 7) is 3.40. The van der Waals surface area contributed by atoms with Gasteiger partial charge in [0.05, 0.1) is 6.61 Å². The predicted molar refractivity (Wildman–Crippen MR) is 68.4 cm³/mol. The number of hydrogen-bond acceptors (Lipinski definition) is 4. The molecule has 2 N–H and O–H groups in total. The number of piperidine rings is 1. The second-order valence-corrected chi connectivity index (χ2v) is 5.55. The standard InChI is InChI=1S/C13H22N4O/c18-9-11-4-2-6-17-13(11)15-12(16-17)7-10-3-1-5-14-8-10/h10-11,14,18H,1-9H2. The summed E-state index contributed by atoms with van der Waals surface area (Å²) < 4.78 is 2.01. The first-order chi connectivity index (χ1) is 8.86. The first-order valence-corrected chi connectivity index (χ1v) is 7.12. The van der Waals surface area contributed by atoms with Gasteiger partial charge in [-0.25, -0.2) is 9.67 Å². The van der Waals surface area contributed by atoms with Crippen LogP contribution in [0.1, 0.15) is 43.3 Å². The number of aliphatic hydroxyl groups is 1. The van der Waals surface area contributed by atoms with E-state index in [1.165, 1.54) is 12.8 Å². The Bertz CT molecular complexity index is 398. The largest absolute Gasteiger partial charge is 0.396 e. The molecule has 3 rings (SSSR count). The zero-order chi connectivity index (χ0) is 12.4. The van der Waals surface area contributed by atoms with Crippen molar-refractivity contribution in [3.63, 3.8) is 0 Å². The first kappa shape index (κ1) is 12.1. The van der Waals surface area contributed by atoms with Crippen LogP contribution < -0.4 is 5.32 Å². The van der Waals surface area contributed by atoms with E-state index in [1.807, 2.05) is 4.68 Å². The van der Waals surface area contributed by atoms with Crippen LogP contribution in [0, 0.1) is 5.92 Å². The van der Waals surface area contributed by atoms with Crippen molar-refractivity contribution in [2.45, 2.75) is 44.6 Å². The lowest BCUT2D eigenvalue weighted by Gasteiger charge is -2.21. The van der Waals surface area contributed by atoms with Crippen molar-refractivity contribution in [2.75, 3.05) is 19.7 Å². The molecule has 0 radical (unpaired) electrons. The minimum absolute atomic E-state index is 0.198. The number of nitrogens with one attached hydrogen (secondary N) is 1. The summed E-state index contributed by atoms with van der Waals surface area (Å²) in [6.07, 6.45) is 5.66. The minimum Gasteiger partial charge on any atom is -0.396 e. The molecule has 3 heterocycles. The second kappa shape index (κ2) is 5.36. The average molecular weight is 250 g/mol. The molecule has 0 saturated carbocycles. The van der Waals surface area contributed by atoms with Crippen LogP contribution in [0.3, 0.4) is 0 Å². The fraction of sp³-hybridized carbons (Fsp3) is 0.846. The van der Waals surface area contributed by atoms with Gasteiger partial charge in [-0.05, 0) is 44.7 Å². The topological polar surface area (TPSA) is 63.0 Å². The molecule has 1 saturated heterocycles. The van der Waals surface area contributed by atoms with E-state index in [4.69, 9.17) is 0 Å². The maximum Gasteiger partial charge on any atom is 0.151 e. The van der Waals surface area contributed by atoms with Gasteiger partial charge < -0.3 is 10.4 Å². The Kier molecular flexibility index (Phi) is 3.61. The van der Waals surface area contributed by atoms with Gasteiger partial charge in [-0.1, -0.05) is 0 Å². The van der Waals surface area contributed by atoms with Crippen LogP contribution in [-0.4, -0.2) is 39.6 Å². The van der Waals surface area contributed by atoms with Gasteiger partial charge in [0.2, 0.25) is 0 Å². The van der Waals surface area contributed by atoms with Crippen molar-refractivity contribution in [2.24, 2.45) is 5.92 Å². The third-order valence-electron chi connectivity index (χ3n) is 4.12. The van der Waals surface area contributed by atoms with Gasteiger partial charge in [0.15, 0.2) is 5.82 Å². The summed E-state index contributed by atoms with van der Waals surface area (Å²) in [4.78, 5) is 4.66. The maximum atomic E-state index is 9.38. The molecule has 1 fully saturated rings. The van der Waals surface area contributed by atoms with Crippen molar-refractivity contribution < 1.29 is 5.11 Å². The van der Waals surface area contributed by atoms with Crippen molar-refractivity contribution >= 4 is 0 Å². The predicted octanol–water partition coefficient (Wildman–Crippen LogP) is 0.690. The Labute approximate surface area is 108 Å². The number of nitrogens with zero attached hydrogens (tertiary/aromatic N) is 3. The third kappa shape index (κ3) is 2.42. The maximum absolute atomic E-state index is 9.38. The number of rotatable bonds is 3. The van der Waals surface area contributed by atoms with Crippen molar-refractivity contribution in [3.05, 3.63) is 11.6 Å². The lowest BCUT2D eigenvalue weighted by Crippen LogP contribution is -2.31. The molecule has 100 valence electrons. The van der Waals surface area contributed by atoms with E-state index in [9.17, 15) is 5.11 Å². The average Bonchev–Trinajstić information content (AvgIpc) is 2.82. The van der Waals surface area contributed by atoms with Gasteiger partial charge in [0.25, 0.3) is 0 Å². The van der Waals surface area contributed by atoms with Crippen LogP contribution in [0.2, 0.25) is 0 Å². The monoisotopic (exact) mass is 250 g/mol. The van der Waals surface area contributed by atoms with Crippen molar-refractivity contribution in [1.82, 2.24) is 20.1 Å². The Hall–Kier alpha value is -0.940. The third-order valence-corrected chi connectivity index (χ3v) is 4.12. The highest BCUT2D eigenvalue weighted by atomic mass is 16.3. The SMILES string of the molecule is OCC1CCCn2nc(CC3CCCNC3)nc21. The summed E-state index contributed by atoms with van der Waals surface area (Å²) >= 11 is 0. The van der Waals surface area contributed by atoms with Gasteiger partial charge in [-0.15, -0.1) is 0 Å². The number of aliphatic hydroxyl groups excluding tert-OH is 1. The van der Waals surface area contributed by atoms with Crippen LogP contribution in [0.15, 0.2) is 0 Å². The van der Waals surface area contributed by atoms with Crippen molar-refractivity contribution in [1.29, 1.82) is 0 Å². The van der Waals surface area contributed by atoms with E-state index in [-0.39, 0.29) is 12.5 Å². The van der Waals surface area contributed by atoms with E-state index < -0.39 is 0 Å². The Morgan fingerprint density at radius 2 is 2.28 bits per heavy atom. The summed E-state index contributed by atoms with van der Waals surface area (Å²) in [5.74, 6) is 2.85. The number of fused-ring (bicyclic) bond motifs is 1. The van der Waals surface area contributed by atoms with Crippen LogP contribution >= 0.6 is 0 Å². The fourth-order valence-electron chi connectivity index (χ4n) is 3.10. The highest BCUT2D eigenvalue weighted by Crippen LogP contribution is 2.25. The lowest BCUT2D eigenvalue weighted by atomic mass is 9.96. The summed E-state index contributed by atoms with van der Waals surface area (Å²) in [6, 6.07) is 0. The zero-order valence-electron chi connectivity index (χ0n) is 10.8. The molecule has 2 aliphatic rings. The Morgan fingerprint density at radius 1 is 1.33 bits per heavy atom. The molecule has 0 aliphatic carbocycles. The smallest absolute Gasteiger partial charge is 0.151 e. The quantitative estimate of drug-likeness (QED) is 0.828. The lowest BCUT2D eigenvalue weighted by molar-refractivity contribution is 0.234. The van der Waals surface area contributed by atoms with Crippen molar-refractivity contribution in [3.8, 4) is 0 Å². The van der Waals surface area contributed by atoms with Gasteiger partial charge >= 0.3 is 0 Å². The molecule has 1 aromatic rings. The fourth-order valence-corrected chi connectivity index (χ4v) is 3.10. The minimum atomic E-state index is 0.198. The molecule has 2 unspecified atom stereocenters. The molecular weight excluding hydrogens is 228 g/mol. The van der Waals surface area contributed by atoms with Crippen LogP contribution in [-0.2, 0) is 13.0 Å². The number of aryl methyl sites for hydroxylation is 1. The normalized spacial score (nSPS) is 28.1. The van der Waals surface area contributed by atoms with E-state index >= 15 is 0 Å². The molecule has 0 bridgehead atoms. The number of aromatic nitrogens is 3. The molecule has 0 spiro atoms. The first-order valence-electron chi connectivity index (χ1n) is 7.12. The van der Waals surface area contributed by atoms with Crippen LogP contribution in [0.25, 0.3) is 0 Å². The summed E-state index contributed by atoms with van der Waals surface area (Å²) in [5.41, 5.74) is 0. The van der Waals surface area contributed by atoms with Gasteiger partial charge in [0, 0.05) is 18.9 Å². The Morgan fingerprint density at radius 3 is 3.06 bits per heavy atom. The molecule has 5 heteroatoms. The van der Waals surface area contributed by atoms with Gasteiger partial charge in [0.1, 0.15) is 5.82 Å².